The van der Waals surface area contributed by atoms with E-state index < -0.39 is 24.3 Å². The van der Waals surface area contributed by atoms with E-state index in [1.807, 2.05) is 21.1 Å². The lowest BCUT2D eigenvalue weighted by molar-refractivity contribution is -0.870. The highest BCUT2D eigenvalue weighted by Crippen LogP contribution is 2.18. The molecule has 83 heavy (non-hydrogen) atoms. The second kappa shape index (κ2) is 64.7. The van der Waals surface area contributed by atoms with E-state index in [-0.39, 0.29) is 32.2 Å². The maximum absolute atomic E-state index is 12.9. The average molecular weight is 1170 g/mol. The number of carbonyl (C=O) groups is 3. The van der Waals surface area contributed by atoms with Crippen molar-refractivity contribution >= 4 is 17.9 Å². The third-order valence-corrected chi connectivity index (χ3v) is 15.4. The van der Waals surface area contributed by atoms with Crippen LogP contribution in [0.3, 0.4) is 0 Å². The number of hydrogen-bond acceptors (Lipinski definition) is 7. The fraction of sp³-hybridized carbons (Fsp3) is 0.797. The van der Waals surface area contributed by atoms with Gasteiger partial charge in [-0.15, -0.1) is 0 Å². The van der Waals surface area contributed by atoms with Crippen LogP contribution in [-0.2, 0) is 33.3 Å². The summed E-state index contributed by atoms with van der Waals surface area (Å²) in [6.45, 7) is 4.81. The number of rotatable bonds is 65. The Bertz CT molecular complexity index is 1590. The minimum atomic E-state index is -1.51. The normalized spacial score (nSPS) is 13.1. The Balaban J connectivity index is 4.08. The van der Waals surface area contributed by atoms with Crippen LogP contribution in [0, 0.1) is 0 Å². The number of carbonyl (C=O) groups excluding carboxylic acids is 2. The fourth-order valence-electron chi connectivity index (χ4n) is 10.1. The Morgan fingerprint density at radius 3 is 1.04 bits per heavy atom. The van der Waals surface area contributed by atoms with Crippen LogP contribution in [-0.4, -0.2) is 87.4 Å². The SMILES string of the molecule is CC/C=C\C/C=C\C/C=C\C/C=C\C/C=C\CCCCCCCCCCCCCCCCCCCC(=O)OC(COC(=O)CCCCCCCCCCCCCCC/C=C\CCCCCCCCCC)COC(OCC[N+](C)(C)C)C(=O)O. The van der Waals surface area contributed by atoms with Crippen molar-refractivity contribution in [3.63, 3.8) is 0 Å². The monoisotopic (exact) mass is 1170 g/mol. The Kier molecular flexibility index (Phi) is 62.2. The number of nitrogens with zero attached hydrogens (tertiary/aromatic N) is 1. The molecule has 0 spiro atoms. The molecule has 0 saturated heterocycles. The molecule has 0 radical (unpaired) electrons. The van der Waals surface area contributed by atoms with Crippen LogP contribution in [0.4, 0.5) is 0 Å². The first-order valence-electron chi connectivity index (χ1n) is 35.1. The lowest BCUT2D eigenvalue weighted by Gasteiger charge is -2.25. The van der Waals surface area contributed by atoms with Gasteiger partial charge in [-0.1, -0.05) is 299 Å². The smallest absolute Gasteiger partial charge is 0.361 e. The van der Waals surface area contributed by atoms with Gasteiger partial charge in [0, 0.05) is 12.8 Å². The molecule has 0 aromatic rings. The Morgan fingerprint density at radius 1 is 0.373 bits per heavy atom. The third kappa shape index (κ3) is 66.1. The molecule has 0 aromatic carbocycles. The van der Waals surface area contributed by atoms with Crippen LogP contribution in [0.25, 0.3) is 0 Å². The van der Waals surface area contributed by atoms with Crippen LogP contribution in [0.5, 0.6) is 0 Å². The van der Waals surface area contributed by atoms with Crippen LogP contribution in [0.15, 0.2) is 72.9 Å². The molecule has 0 rings (SSSR count). The molecule has 0 fully saturated rings. The van der Waals surface area contributed by atoms with Crippen LogP contribution in [0.1, 0.15) is 322 Å². The van der Waals surface area contributed by atoms with Crippen molar-refractivity contribution in [2.75, 3.05) is 47.5 Å². The van der Waals surface area contributed by atoms with Gasteiger partial charge in [0.15, 0.2) is 6.10 Å². The number of quaternary nitrogens is 1. The highest BCUT2D eigenvalue weighted by Gasteiger charge is 2.25. The number of ether oxygens (including phenoxy) is 4. The molecule has 482 valence electrons. The fourth-order valence-corrected chi connectivity index (χ4v) is 10.1. The molecule has 0 aromatic heterocycles. The summed E-state index contributed by atoms with van der Waals surface area (Å²) in [5.74, 6) is -1.99. The van der Waals surface area contributed by atoms with Crippen molar-refractivity contribution in [2.45, 2.75) is 334 Å². The summed E-state index contributed by atoms with van der Waals surface area (Å²) in [5, 5.41) is 9.75. The van der Waals surface area contributed by atoms with Crippen molar-refractivity contribution in [2.24, 2.45) is 0 Å². The number of likely N-dealkylation sites (N-methyl/N-ethyl adjacent to an activating group) is 1. The number of hydrogen-bond donors (Lipinski definition) is 1. The molecule has 1 N–H and O–H groups in total. The Labute approximate surface area is 513 Å². The number of allylic oxidation sites excluding steroid dienone is 12. The van der Waals surface area contributed by atoms with Crippen molar-refractivity contribution in [1.82, 2.24) is 0 Å². The van der Waals surface area contributed by atoms with Gasteiger partial charge in [-0.25, -0.2) is 4.79 Å². The molecular weight excluding hydrogens is 1030 g/mol. The molecule has 9 nitrogen and oxygen atoms in total. The summed E-state index contributed by atoms with van der Waals surface area (Å²) in [6, 6.07) is 0. The Morgan fingerprint density at radius 2 is 0.687 bits per heavy atom. The van der Waals surface area contributed by atoms with Crippen molar-refractivity contribution in [3.05, 3.63) is 72.9 Å². The van der Waals surface area contributed by atoms with Gasteiger partial charge in [-0.2, -0.15) is 0 Å². The van der Waals surface area contributed by atoms with Crippen molar-refractivity contribution in [3.8, 4) is 0 Å². The van der Waals surface area contributed by atoms with E-state index in [1.165, 1.54) is 225 Å². The highest BCUT2D eigenvalue weighted by molar-refractivity contribution is 5.71. The number of carboxylic acids is 1. The van der Waals surface area contributed by atoms with E-state index in [0.717, 1.165) is 70.6 Å². The maximum atomic E-state index is 12.9. The van der Waals surface area contributed by atoms with Gasteiger partial charge in [0.2, 0.25) is 0 Å². The second-order valence-electron chi connectivity index (χ2n) is 24.8. The van der Waals surface area contributed by atoms with Gasteiger partial charge in [-0.05, 0) is 83.5 Å². The molecule has 0 bridgehead atoms. The van der Waals surface area contributed by atoms with Crippen LogP contribution in [0.2, 0.25) is 0 Å². The number of carboxylic acid groups (broad SMARTS) is 1. The summed E-state index contributed by atoms with van der Waals surface area (Å²) in [7, 11) is 5.98. The van der Waals surface area contributed by atoms with Crippen LogP contribution < -0.4 is 0 Å². The molecule has 0 aliphatic rings. The third-order valence-electron chi connectivity index (χ3n) is 15.4. The zero-order chi connectivity index (χ0) is 60.5. The van der Waals surface area contributed by atoms with Gasteiger partial charge in [0.1, 0.15) is 13.2 Å². The first kappa shape index (κ1) is 79.7. The summed E-state index contributed by atoms with van der Waals surface area (Å²) in [6.07, 6.45) is 83.0. The topological polar surface area (TPSA) is 108 Å². The molecule has 9 heteroatoms. The number of esters is 2. The lowest BCUT2D eigenvalue weighted by atomic mass is 10.0. The van der Waals surface area contributed by atoms with E-state index in [4.69, 9.17) is 18.9 Å². The van der Waals surface area contributed by atoms with E-state index in [9.17, 15) is 19.5 Å². The Hall–Kier alpha value is -3.27. The summed E-state index contributed by atoms with van der Waals surface area (Å²) in [5.41, 5.74) is 0. The minimum Gasteiger partial charge on any atom is -0.477 e. The molecule has 2 atom stereocenters. The largest absolute Gasteiger partial charge is 0.477 e. The van der Waals surface area contributed by atoms with E-state index >= 15 is 0 Å². The van der Waals surface area contributed by atoms with Gasteiger partial charge in [0.25, 0.3) is 6.29 Å². The molecule has 0 aliphatic carbocycles. The van der Waals surface area contributed by atoms with Crippen molar-refractivity contribution in [1.29, 1.82) is 0 Å². The molecule has 0 saturated carbocycles. The average Bonchev–Trinajstić information content (AvgIpc) is 3.46. The number of aliphatic carboxylic acids is 1. The summed E-state index contributed by atoms with van der Waals surface area (Å²) in [4.78, 5) is 37.6. The molecule has 0 amide bonds. The lowest BCUT2D eigenvalue weighted by Crippen LogP contribution is -2.40. The summed E-state index contributed by atoms with van der Waals surface area (Å²) >= 11 is 0. The second-order valence-corrected chi connectivity index (χ2v) is 24.8. The van der Waals surface area contributed by atoms with Crippen molar-refractivity contribution < 1.29 is 42.9 Å². The molecular formula is C74H134NO8+. The number of unbranched alkanes of at least 4 members (excludes halogenated alkanes) is 38. The van der Waals surface area contributed by atoms with E-state index in [0.29, 0.717) is 17.4 Å². The predicted molar refractivity (Wildman–Crippen MR) is 355 cm³/mol. The van der Waals surface area contributed by atoms with Gasteiger partial charge in [-0.3, -0.25) is 9.59 Å². The van der Waals surface area contributed by atoms with Crippen LogP contribution >= 0.6 is 0 Å². The quantitative estimate of drug-likeness (QED) is 0.0211. The van der Waals surface area contributed by atoms with Gasteiger partial charge < -0.3 is 28.5 Å². The zero-order valence-electron chi connectivity index (χ0n) is 55.1. The first-order chi connectivity index (χ1) is 40.6. The minimum absolute atomic E-state index is 0.180. The standard InChI is InChI=1S/C74H133NO8/c1-6-8-10-12-14-16-18-20-22-24-26-28-30-32-33-34-35-36-37-38-39-41-43-45-47-49-51-53-55-57-59-61-63-65-72(77)83-70(69-82-74(73(78)79)80-67-66-75(3,4)5)68-81-71(76)64-62-60-58-56-54-52-50-48-46-44-42-40-31-29-27-25-23-21-19-17-15-13-11-9-7-2/h8,10,14,16,20,22,25-28,32-33,70,74H,6-7,9,11-13,15,17-19,21,23-24,29-31,34-69H2,1-5H3/p+1/b10-8-,16-14-,22-20-,27-25-,28-26-,33-32-. The predicted octanol–water partition coefficient (Wildman–Crippen LogP) is 21.7. The zero-order valence-corrected chi connectivity index (χ0v) is 55.1. The van der Waals surface area contributed by atoms with Gasteiger partial charge in [0.05, 0.1) is 34.4 Å². The summed E-state index contributed by atoms with van der Waals surface area (Å²) < 4.78 is 23.0. The van der Waals surface area contributed by atoms with Gasteiger partial charge >= 0.3 is 17.9 Å². The molecule has 2 unspecified atom stereocenters. The highest BCUT2D eigenvalue weighted by atomic mass is 16.7. The van der Waals surface area contributed by atoms with E-state index in [2.05, 4.69) is 86.8 Å². The molecule has 0 aliphatic heterocycles. The first-order valence-corrected chi connectivity index (χ1v) is 35.1. The maximum Gasteiger partial charge on any atom is 0.361 e. The van der Waals surface area contributed by atoms with E-state index in [1.54, 1.807) is 0 Å². The molecule has 0 heterocycles.